The molecule has 1 aliphatic carbocycles. The number of esters is 1. The first kappa shape index (κ1) is 11.9. The fourth-order valence-corrected chi connectivity index (χ4v) is 0.772. The monoisotopic (exact) mass is 188 g/mol. The van der Waals surface area contributed by atoms with Crippen LogP contribution in [0.15, 0.2) is 0 Å². The maximum Gasteiger partial charge on any atom is 0.303 e. The molecule has 0 radical (unpaired) electrons. The van der Waals surface area contributed by atoms with Crippen molar-refractivity contribution in [2.75, 3.05) is 6.61 Å². The fourth-order valence-electron chi connectivity index (χ4n) is 0.772. The first-order valence-corrected chi connectivity index (χ1v) is 4.41. The second-order valence-electron chi connectivity index (χ2n) is 2.97. The number of aliphatic carboxylic acids is 1. The van der Waals surface area contributed by atoms with Gasteiger partial charge in [-0.2, -0.15) is 0 Å². The Morgan fingerprint density at radius 1 is 1.46 bits per heavy atom. The van der Waals surface area contributed by atoms with Crippen LogP contribution in [0.25, 0.3) is 0 Å². The Morgan fingerprint density at radius 2 is 2.00 bits per heavy atom. The standard InChI is InChI=1S/C5H8O2.C4H8O2/c6-5(7)3-4-1-2-4;1-3-6-4(2)5/h4H,1-3H2,(H,6,7);3H2,1-2H3. The van der Waals surface area contributed by atoms with Gasteiger partial charge in [0.2, 0.25) is 0 Å². The molecule has 0 spiro atoms. The summed E-state index contributed by atoms with van der Waals surface area (Å²) in [5.41, 5.74) is 0. The van der Waals surface area contributed by atoms with Crippen molar-refractivity contribution in [1.29, 1.82) is 0 Å². The fraction of sp³-hybridized carbons (Fsp3) is 0.778. The minimum atomic E-state index is -0.650. The molecule has 0 heterocycles. The van der Waals surface area contributed by atoms with Gasteiger partial charge in [-0.3, -0.25) is 9.59 Å². The molecule has 0 amide bonds. The van der Waals surface area contributed by atoms with E-state index in [0.717, 1.165) is 12.8 Å². The van der Waals surface area contributed by atoms with E-state index in [2.05, 4.69) is 4.74 Å². The normalized spacial score (nSPS) is 14.0. The van der Waals surface area contributed by atoms with Crippen LogP contribution >= 0.6 is 0 Å². The van der Waals surface area contributed by atoms with E-state index in [1.54, 1.807) is 6.92 Å². The van der Waals surface area contributed by atoms with Crippen LogP contribution in [0.2, 0.25) is 0 Å². The third-order valence-electron chi connectivity index (χ3n) is 1.51. The van der Waals surface area contributed by atoms with E-state index in [1.165, 1.54) is 6.92 Å². The lowest BCUT2D eigenvalue weighted by atomic mass is 10.3. The summed E-state index contributed by atoms with van der Waals surface area (Å²) in [5, 5.41) is 8.12. The van der Waals surface area contributed by atoms with Gasteiger partial charge in [-0.05, 0) is 25.7 Å². The van der Waals surface area contributed by atoms with Crippen LogP contribution in [0.1, 0.15) is 33.1 Å². The summed E-state index contributed by atoms with van der Waals surface area (Å²) in [6.07, 6.45) is 2.65. The molecule has 1 aliphatic rings. The summed E-state index contributed by atoms with van der Waals surface area (Å²) < 4.78 is 4.40. The van der Waals surface area contributed by atoms with Gasteiger partial charge in [-0.25, -0.2) is 0 Å². The highest BCUT2D eigenvalue weighted by atomic mass is 16.5. The minimum Gasteiger partial charge on any atom is -0.481 e. The smallest absolute Gasteiger partial charge is 0.303 e. The predicted octanol–water partition coefficient (Wildman–Crippen LogP) is 1.44. The molecule has 0 atom stereocenters. The Balaban J connectivity index is 0.000000226. The first-order valence-electron chi connectivity index (χ1n) is 4.41. The van der Waals surface area contributed by atoms with Gasteiger partial charge >= 0.3 is 11.9 Å². The van der Waals surface area contributed by atoms with Crippen molar-refractivity contribution in [3.05, 3.63) is 0 Å². The lowest BCUT2D eigenvalue weighted by Crippen LogP contribution is -1.95. The van der Waals surface area contributed by atoms with E-state index >= 15 is 0 Å². The van der Waals surface area contributed by atoms with E-state index < -0.39 is 5.97 Å². The largest absolute Gasteiger partial charge is 0.481 e. The van der Waals surface area contributed by atoms with E-state index in [9.17, 15) is 9.59 Å². The molecule has 0 bridgehead atoms. The Labute approximate surface area is 77.9 Å². The number of rotatable bonds is 3. The molecular formula is C9H16O4. The van der Waals surface area contributed by atoms with Crippen LogP contribution in [0.3, 0.4) is 0 Å². The summed E-state index contributed by atoms with van der Waals surface area (Å²) in [5.74, 6) is -0.336. The van der Waals surface area contributed by atoms with Gasteiger partial charge in [0.05, 0.1) is 6.61 Å². The van der Waals surface area contributed by atoms with Crippen molar-refractivity contribution >= 4 is 11.9 Å². The van der Waals surface area contributed by atoms with E-state index in [0.29, 0.717) is 18.9 Å². The number of hydrogen-bond acceptors (Lipinski definition) is 3. The maximum absolute atomic E-state index is 9.85. The average molecular weight is 188 g/mol. The average Bonchev–Trinajstić information content (AvgIpc) is 2.71. The number of carbonyl (C=O) groups is 2. The van der Waals surface area contributed by atoms with Gasteiger partial charge in [-0.1, -0.05) is 0 Å². The summed E-state index contributed by atoms with van der Waals surface area (Å²) in [7, 11) is 0. The maximum atomic E-state index is 9.85. The molecule has 0 aliphatic heterocycles. The molecule has 0 saturated heterocycles. The zero-order valence-electron chi connectivity index (χ0n) is 8.08. The van der Waals surface area contributed by atoms with Crippen molar-refractivity contribution in [2.45, 2.75) is 33.1 Å². The van der Waals surface area contributed by atoms with Gasteiger partial charge in [0, 0.05) is 13.3 Å². The third-order valence-corrected chi connectivity index (χ3v) is 1.51. The van der Waals surface area contributed by atoms with E-state index in [4.69, 9.17) is 5.11 Å². The van der Waals surface area contributed by atoms with Crippen LogP contribution in [0.5, 0.6) is 0 Å². The lowest BCUT2D eigenvalue weighted by Gasteiger charge is -1.89. The quantitative estimate of drug-likeness (QED) is 0.681. The molecular weight excluding hydrogens is 172 g/mol. The van der Waals surface area contributed by atoms with Gasteiger partial charge in [0.1, 0.15) is 0 Å². The van der Waals surface area contributed by atoms with Crippen LogP contribution in [0, 0.1) is 5.92 Å². The van der Waals surface area contributed by atoms with Crippen molar-refractivity contribution in [3.63, 3.8) is 0 Å². The van der Waals surface area contributed by atoms with Crippen LogP contribution in [-0.2, 0) is 14.3 Å². The number of carboxylic acids is 1. The molecule has 0 aromatic carbocycles. The zero-order valence-corrected chi connectivity index (χ0v) is 8.08. The summed E-state index contributed by atoms with van der Waals surface area (Å²) >= 11 is 0. The second kappa shape index (κ2) is 6.46. The van der Waals surface area contributed by atoms with Gasteiger partial charge < -0.3 is 9.84 Å². The minimum absolute atomic E-state index is 0.211. The van der Waals surface area contributed by atoms with Crippen molar-refractivity contribution in [1.82, 2.24) is 0 Å². The summed E-state index contributed by atoms with van der Waals surface area (Å²) in [6.45, 7) is 3.65. The van der Waals surface area contributed by atoms with E-state index in [1.807, 2.05) is 0 Å². The molecule has 1 N–H and O–H groups in total. The molecule has 0 aromatic heterocycles. The highest BCUT2D eigenvalue weighted by Crippen LogP contribution is 2.31. The molecule has 13 heavy (non-hydrogen) atoms. The van der Waals surface area contributed by atoms with Crippen molar-refractivity contribution < 1.29 is 19.4 Å². The van der Waals surface area contributed by atoms with E-state index in [-0.39, 0.29) is 5.97 Å². The van der Waals surface area contributed by atoms with Gasteiger partial charge in [0.25, 0.3) is 0 Å². The Morgan fingerprint density at radius 3 is 2.08 bits per heavy atom. The Kier molecular flexibility index (Phi) is 5.93. The number of hydrogen-bond donors (Lipinski definition) is 1. The topological polar surface area (TPSA) is 63.6 Å². The number of carbonyl (C=O) groups excluding carboxylic acids is 1. The second-order valence-corrected chi connectivity index (χ2v) is 2.97. The third kappa shape index (κ3) is 10.9. The zero-order chi connectivity index (χ0) is 10.3. The molecule has 4 nitrogen and oxygen atoms in total. The number of carboxylic acid groups (broad SMARTS) is 1. The first-order chi connectivity index (χ1) is 6.06. The number of ether oxygens (including phenoxy) is 1. The van der Waals surface area contributed by atoms with Crippen molar-refractivity contribution in [3.8, 4) is 0 Å². The highest BCUT2D eigenvalue weighted by Gasteiger charge is 2.23. The lowest BCUT2D eigenvalue weighted by molar-refractivity contribution is -0.140. The van der Waals surface area contributed by atoms with Crippen LogP contribution in [0.4, 0.5) is 0 Å². The Bertz CT molecular complexity index is 172. The Hall–Kier alpha value is -1.06. The highest BCUT2D eigenvalue weighted by molar-refractivity contribution is 5.67. The molecule has 1 rings (SSSR count). The molecule has 0 unspecified atom stereocenters. The summed E-state index contributed by atoms with van der Waals surface area (Å²) in [4.78, 5) is 19.7. The molecule has 76 valence electrons. The van der Waals surface area contributed by atoms with Gasteiger partial charge in [0.15, 0.2) is 0 Å². The molecule has 4 heteroatoms. The summed E-state index contributed by atoms with van der Waals surface area (Å²) in [6, 6.07) is 0. The molecule has 0 aromatic rings. The molecule has 1 fully saturated rings. The molecule has 1 saturated carbocycles. The predicted molar refractivity (Wildman–Crippen MR) is 47.3 cm³/mol. The van der Waals surface area contributed by atoms with Crippen molar-refractivity contribution in [2.24, 2.45) is 5.92 Å². The van der Waals surface area contributed by atoms with Crippen LogP contribution < -0.4 is 0 Å². The van der Waals surface area contributed by atoms with Gasteiger partial charge in [-0.15, -0.1) is 0 Å². The van der Waals surface area contributed by atoms with Crippen LogP contribution in [-0.4, -0.2) is 23.7 Å². The SMILES string of the molecule is CCOC(C)=O.O=C(O)CC1CC1.